The van der Waals surface area contributed by atoms with Crippen LogP contribution in [0.1, 0.15) is 41.2 Å². The predicted octanol–water partition coefficient (Wildman–Crippen LogP) is 2.92. The summed E-state index contributed by atoms with van der Waals surface area (Å²) in [7, 11) is 0. The van der Waals surface area contributed by atoms with Gasteiger partial charge < -0.3 is 24.8 Å². The first-order valence-electron chi connectivity index (χ1n) is 12.6. The summed E-state index contributed by atoms with van der Waals surface area (Å²) in [5, 5.41) is 0. The van der Waals surface area contributed by atoms with Crippen LogP contribution < -0.4 is 24.8 Å². The first-order chi connectivity index (χ1) is 17.6. The maximum Gasteiger partial charge on any atom is -0.0253 e. The third-order valence-electron chi connectivity index (χ3n) is 6.42. The molecule has 1 aliphatic rings. The van der Waals surface area contributed by atoms with Gasteiger partial charge in [-0.2, -0.15) is 52.6 Å². The Morgan fingerprint density at radius 2 is 1.37 bits per heavy atom. The quantitative estimate of drug-likeness (QED) is 0.269. The molecule has 0 unspecified atom stereocenters. The van der Waals surface area contributed by atoms with Crippen LogP contribution in [-0.4, -0.2) is 3.21 Å². The fraction of sp³-hybridized carbons (Fsp3) is 0.143. The van der Waals surface area contributed by atoms with E-state index in [-0.39, 0.29) is 24.8 Å². The van der Waals surface area contributed by atoms with Crippen molar-refractivity contribution in [3.8, 4) is 22.3 Å². The second kappa shape index (κ2) is 15.8. The fourth-order valence-electron chi connectivity index (χ4n) is 4.57. The molecule has 0 spiro atoms. The first-order valence-corrected chi connectivity index (χ1v) is 13.8. The van der Waals surface area contributed by atoms with Gasteiger partial charge >= 0.3 is 76.7 Å². The summed E-state index contributed by atoms with van der Waals surface area (Å²) in [5.41, 5.74) is 12.3. The Hall–Kier alpha value is -2.44. The topological polar surface area (TPSA) is 0 Å². The molecule has 38 heavy (non-hydrogen) atoms. The van der Waals surface area contributed by atoms with Crippen LogP contribution in [0.2, 0.25) is 0 Å². The summed E-state index contributed by atoms with van der Waals surface area (Å²) in [6, 6.07) is 43.7. The van der Waals surface area contributed by atoms with E-state index in [1.54, 1.807) is 3.21 Å². The summed E-state index contributed by atoms with van der Waals surface area (Å²) in [6.45, 7) is 6.51. The summed E-state index contributed by atoms with van der Waals surface area (Å²) in [5.74, 6) is 0. The van der Waals surface area contributed by atoms with Crippen molar-refractivity contribution >= 4 is 3.21 Å². The van der Waals surface area contributed by atoms with Crippen molar-refractivity contribution in [2.75, 3.05) is 0 Å². The van der Waals surface area contributed by atoms with Crippen molar-refractivity contribution in [3.05, 3.63) is 149 Å². The van der Waals surface area contributed by atoms with Crippen LogP contribution in [0.25, 0.3) is 22.3 Å². The van der Waals surface area contributed by atoms with E-state index in [9.17, 15) is 0 Å². The Bertz CT molecular complexity index is 1380. The zero-order valence-electron chi connectivity index (χ0n) is 22.1. The molecule has 6 rings (SSSR count). The Morgan fingerprint density at radius 1 is 0.763 bits per heavy atom. The molecule has 192 valence electrons. The number of hydrogen-bond acceptors (Lipinski definition) is 0. The Labute approximate surface area is 255 Å². The molecule has 0 heterocycles. The van der Waals surface area contributed by atoms with Crippen molar-refractivity contribution in [2.45, 2.75) is 33.6 Å². The molecular formula is C35H32Cl2Zr-2. The Kier molecular flexibility index (Phi) is 13.3. The third-order valence-corrected chi connectivity index (χ3v) is 8.00. The van der Waals surface area contributed by atoms with Crippen molar-refractivity contribution < 1.29 is 49.0 Å². The van der Waals surface area contributed by atoms with Crippen LogP contribution >= 0.6 is 0 Å². The first kappa shape index (κ1) is 31.8. The molecule has 0 nitrogen and oxygen atoms in total. The number of benzene rings is 4. The third kappa shape index (κ3) is 8.28. The Balaban J connectivity index is 0.000000197. The van der Waals surface area contributed by atoms with Crippen molar-refractivity contribution in [1.29, 1.82) is 0 Å². The minimum atomic E-state index is 0. The molecule has 0 atom stereocenters. The van der Waals surface area contributed by atoms with Gasteiger partial charge in [0, 0.05) is 0 Å². The summed E-state index contributed by atoms with van der Waals surface area (Å²) >= 11 is 1.54. The zero-order chi connectivity index (χ0) is 25.3. The van der Waals surface area contributed by atoms with Crippen LogP contribution in [0.15, 0.2) is 115 Å². The molecule has 0 N–H and O–H groups in total. The second-order valence-electron chi connectivity index (χ2n) is 9.09. The minimum absolute atomic E-state index is 0. The van der Waals surface area contributed by atoms with Gasteiger partial charge in [-0.15, -0.1) is 5.56 Å². The molecule has 3 heteroatoms. The van der Waals surface area contributed by atoms with E-state index in [0.717, 1.165) is 6.42 Å². The summed E-state index contributed by atoms with van der Waals surface area (Å²) in [4.78, 5) is 0. The maximum absolute atomic E-state index is 3.30. The monoisotopic (exact) mass is 612 g/mol. The summed E-state index contributed by atoms with van der Waals surface area (Å²) in [6.07, 6.45) is 2.23. The normalized spacial score (nSPS) is 10.2. The van der Waals surface area contributed by atoms with Crippen LogP contribution in [0.4, 0.5) is 0 Å². The molecule has 0 aliphatic heterocycles. The van der Waals surface area contributed by atoms with Gasteiger partial charge in [0.2, 0.25) is 0 Å². The van der Waals surface area contributed by atoms with Gasteiger partial charge in [0.15, 0.2) is 0 Å². The van der Waals surface area contributed by atoms with E-state index in [2.05, 4.69) is 136 Å². The van der Waals surface area contributed by atoms with Crippen molar-refractivity contribution in [1.82, 2.24) is 0 Å². The smallest absolute Gasteiger partial charge is 0.0253 e. The van der Waals surface area contributed by atoms with Gasteiger partial charge in [-0.1, -0.05) is 85.1 Å². The molecule has 0 saturated heterocycles. The number of halogens is 2. The maximum atomic E-state index is 3.30. The molecule has 0 radical (unpaired) electrons. The average molecular weight is 615 g/mol. The van der Waals surface area contributed by atoms with E-state index < -0.39 is 0 Å². The van der Waals surface area contributed by atoms with E-state index in [1.807, 2.05) is 6.07 Å². The molecule has 0 bridgehead atoms. The predicted molar refractivity (Wildman–Crippen MR) is 151 cm³/mol. The van der Waals surface area contributed by atoms with E-state index in [1.165, 1.54) is 80.7 Å². The molecule has 0 amide bonds. The number of fused-ring (bicyclic) bond motifs is 3. The molecule has 1 aliphatic carbocycles. The van der Waals surface area contributed by atoms with Gasteiger partial charge in [0.25, 0.3) is 0 Å². The molecule has 0 aromatic heterocycles. The molecule has 0 saturated carbocycles. The fourth-order valence-corrected chi connectivity index (χ4v) is 4.98. The Morgan fingerprint density at radius 3 is 2.00 bits per heavy atom. The van der Waals surface area contributed by atoms with Crippen LogP contribution in [0.3, 0.4) is 0 Å². The van der Waals surface area contributed by atoms with Gasteiger partial charge in [-0.3, -0.25) is 0 Å². The van der Waals surface area contributed by atoms with Crippen LogP contribution in [-0.2, 0) is 30.7 Å². The molecule has 0 fully saturated rings. The van der Waals surface area contributed by atoms with Gasteiger partial charge in [-0.25, -0.2) is 6.07 Å². The van der Waals surface area contributed by atoms with Gasteiger partial charge in [-0.05, 0) is 6.42 Å². The van der Waals surface area contributed by atoms with Crippen molar-refractivity contribution in [2.24, 2.45) is 0 Å². The number of hydrogen-bond donors (Lipinski definition) is 0. The van der Waals surface area contributed by atoms with Crippen LogP contribution in [0, 0.1) is 19.9 Å². The zero-order valence-corrected chi connectivity index (χ0v) is 26.1. The average Bonchev–Trinajstić information content (AvgIpc) is 3.48. The van der Waals surface area contributed by atoms with Crippen molar-refractivity contribution in [3.63, 3.8) is 0 Å². The summed E-state index contributed by atoms with van der Waals surface area (Å²) < 4.78 is 1.55. The van der Waals surface area contributed by atoms with Gasteiger partial charge in [0.1, 0.15) is 0 Å². The second-order valence-corrected chi connectivity index (χ2v) is 10.6. The largest absolute Gasteiger partial charge is 1.00 e. The van der Waals surface area contributed by atoms with Crippen LogP contribution in [0.5, 0.6) is 0 Å². The SMILES string of the molecule is CC[C](=[Zr+2])c1ccccc1.Cc1cc(-c2ccccc2)c(C)[cH-]1.[Cl-].[Cl-].[c-]1cccc2c1Cc1ccccc1-2. The van der Waals surface area contributed by atoms with E-state index in [0.29, 0.717) is 0 Å². The minimum Gasteiger partial charge on any atom is -1.00 e. The molecule has 5 aromatic rings. The number of rotatable bonds is 3. The van der Waals surface area contributed by atoms with Gasteiger partial charge in [0.05, 0.1) is 0 Å². The van der Waals surface area contributed by atoms with E-state index in [4.69, 9.17) is 0 Å². The van der Waals surface area contributed by atoms with E-state index >= 15 is 0 Å². The molecular weight excluding hydrogens is 583 g/mol. The number of aryl methyl sites for hydroxylation is 2. The molecule has 5 aromatic carbocycles. The standard InChI is InChI=1S/C13H9.C13H13.C9H10.2ClH.Zr/c1-3-7-12-10(5-1)9-11-6-2-4-8-13(11)12;1-10-8-11(2)13(9-10)12-6-4-3-5-7-12;1-2-6-9-7-4-3-5-8-9;;;/h1-5,7-8H,9H2;3-9H,1-2H3;3-5,7-8H,2H2,1H3;2*1H;/q2*-1;;;;+2/p-2.